The Kier molecular flexibility index (Phi) is 5.34. The molecule has 0 bridgehead atoms. The normalized spacial score (nSPS) is 17.3. The predicted octanol–water partition coefficient (Wildman–Crippen LogP) is 4.13. The molecular formula is C19H20ClFN2O3. The number of nitrogens with zero attached hydrogens (tertiary/aromatic N) is 2. The van der Waals surface area contributed by atoms with Crippen LogP contribution in [0.5, 0.6) is 5.75 Å². The number of hydrogen-bond donors (Lipinski definition) is 1. The number of carbonyl (C=O) groups is 1. The van der Waals surface area contributed by atoms with Crippen molar-refractivity contribution in [3.8, 4) is 16.9 Å². The highest BCUT2D eigenvalue weighted by molar-refractivity contribution is 6.31. The number of benzene rings is 2. The van der Waals surface area contributed by atoms with E-state index in [0.29, 0.717) is 28.4 Å². The second-order valence-electron chi connectivity index (χ2n) is 6.48. The van der Waals surface area contributed by atoms with Crippen LogP contribution in [0.4, 0.5) is 14.9 Å². The number of hydrogen-bond acceptors (Lipinski definition) is 4. The summed E-state index contributed by atoms with van der Waals surface area (Å²) in [5.41, 5.74) is 1.40. The Hall–Kier alpha value is -2.31. The third-order valence-electron chi connectivity index (χ3n) is 4.40. The molecule has 5 nitrogen and oxygen atoms in total. The molecule has 1 fully saturated rings. The Labute approximate surface area is 156 Å². The van der Waals surface area contributed by atoms with E-state index in [2.05, 4.69) is 4.90 Å². The number of carbonyl (C=O) groups excluding carboxylic acids is 1. The molecule has 26 heavy (non-hydrogen) atoms. The van der Waals surface area contributed by atoms with Crippen molar-refractivity contribution in [1.29, 1.82) is 0 Å². The Morgan fingerprint density at radius 2 is 2.12 bits per heavy atom. The number of phenols is 1. The number of likely N-dealkylation sites (N-methyl/N-ethyl adjacent to an activating group) is 1. The zero-order valence-electron chi connectivity index (χ0n) is 14.6. The molecule has 138 valence electrons. The zero-order valence-corrected chi connectivity index (χ0v) is 15.3. The van der Waals surface area contributed by atoms with Crippen LogP contribution in [0.15, 0.2) is 36.4 Å². The van der Waals surface area contributed by atoms with Gasteiger partial charge in [0.2, 0.25) is 0 Å². The van der Waals surface area contributed by atoms with Gasteiger partial charge in [-0.05, 0) is 55.4 Å². The first-order valence-electron chi connectivity index (χ1n) is 8.26. The molecule has 0 aromatic heterocycles. The highest BCUT2D eigenvalue weighted by Gasteiger charge is 2.26. The topological polar surface area (TPSA) is 53.0 Å². The van der Waals surface area contributed by atoms with Crippen LogP contribution in [0.3, 0.4) is 0 Å². The van der Waals surface area contributed by atoms with Crippen molar-refractivity contribution in [2.75, 3.05) is 32.1 Å². The first kappa shape index (κ1) is 18.5. The van der Waals surface area contributed by atoms with Gasteiger partial charge in [0.25, 0.3) is 0 Å². The zero-order chi connectivity index (χ0) is 18.8. The van der Waals surface area contributed by atoms with E-state index in [-0.39, 0.29) is 11.9 Å². The monoisotopic (exact) mass is 378 g/mol. The summed E-state index contributed by atoms with van der Waals surface area (Å²) in [5, 5.41) is 10.1. The molecule has 1 atom stereocenters. The fourth-order valence-electron chi connectivity index (χ4n) is 3.07. The van der Waals surface area contributed by atoms with Gasteiger partial charge in [-0.25, -0.2) is 9.18 Å². The molecule has 1 heterocycles. The summed E-state index contributed by atoms with van der Waals surface area (Å²) < 4.78 is 19.4. The highest BCUT2D eigenvalue weighted by atomic mass is 35.5. The molecule has 2 aromatic carbocycles. The Morgan fingerprint density at radius 3 is 2.77 bits per heavy atom. The predicted molar refractivity (Wildman–Crippen MR) is 99.3 cm³/mol. The minimum absolute atomic E-state index is 0.0399. The highest BCUT2D eigenvalue weighted by Crippen LogP contribution is 2.35. The minimum Gasteiger partial charge on any atom is -0.508 e. The first-order chi connectivity index (χ1) is 12.3. The van der Waals surface area contributed by atoms with Gasteiger partial charge < -0.3 is 14.7 Å². The van der Waals surface area contributed by atoms with Gasteiger partial charge in [-0.15, -0.1) is 0 Å². The van der Waals surface area contributed by atoms with Gasteiger partial charge in [-0.1, -0.05) is 11.6 Å². The number of phenolic OH excluding ortho intramolecular Hbond substituents is 1. The lowest BCUT2D eigenvalue weighted by Crippen LogP contribution is -2.32. The molecule has 0 unspecified atom stereocenters. The minimum atomic E-state index is -0.510. The van der Waals surface area contributed by atoms with E-state index in [1.165, 1.54) is 35.2 Å². The second-order valence-corrected chi connectivity index (χ2v) is 6.91. The number of halogens is 2. The van der Waals surface area contributed by atoms with Crippen molar-refractivity contribution in [2.24, 2.45) is 0 Å². The summed E-state index contributed by atoms with van der Waals surface area (Å²) in [7, 11) is 3.55. The summed E-state index contributed by atoms with van der Waals surface area (Å²) in [5.74, 6) is -0.496. The number of anilines is 1. The summed E-state index contributed by atoms with van der Waals surface area (Å²) >= 11 is 6.00. The summed E-state index contributed by atoms with van der Waals surface area (Å²) in [6.07, 6.45) is 0.118. The van der Waals surface area contributed by atoms with Crippen molar-refractivity contribution < 1.29 is 19.0 Å². The Bertz CT molecular complexity index is 810. The van der Waals surface area contributed by atoms with Gasteiger partial charge in [0.15, 0.2) is 0 Å². The molecule has 0 radical (unpaired) electrons. The molecule has 3 rings (SSSR count). The van der Waals surface area contributed by atoms with Crippen LogP contribution in [0.1, 0.15) is 6.42 Å². The van der Waals surface area contributed by atoms with Gasteiger partial charge in [0, 0.05) is 30.7 Å². The van der Waals surface area contributed by atoms with Gasteiger partial charge in [-0.2, -0.15) is 0 Å². The molecule has 0 aliphatic carbocycles. The number of aromatic hydroxyl groups is 1. The van der Waals surface area contributed by atoms with Gasteiger partial charge >= 0.3 is 6.09 Å². The van der Waals surface area contributed by atoms with Crippen LogP contribution in [0.25, 0.3) is 11.1 Å². The van der Waals surface area contributed by atoms with E-state index in [0.717, 1.165) is 13.0 Å². The SMILES string of the molecule is CN1CC[C@H](OC(=O)N(C)c2ccc(F)cc2-c2cc(O)cc(Cl)c2)C1. The molecule has 0 saturated carbocycles. The van der Waals surface area contributed by atoms with E-state index in [1.54, 1.807) is 13.1 Å². The molecule has 0 spiro atoms. The molecule has 1 saturated heterocycles. The molecule has 2 aromatic rings. The third kappa shape index (κ3) is 4.08. The van der Waals surface area contributed by atoms with E-state index in [4.69, 9.17) is 16.3 Å². The van der Waals surface area contributed by atoms with Crippen LogP contribution in [-0.4, -0.2) is 49.4 Å². The molecule has 1 N–H and O–H groups in total. The van der Waals surface area contributed by atoms with Crippen LogP contribution in [-0.2, 0) is 4.74 Å². The molecule has 1 aliphatic rings. The standard InChI is InChI=1S/C19H20ClFN2O3/c1-22-6-5-16(11-22)26-19(25)23(2)18-4-3-14(21)10-17(18)12-7-13(20)9-15(24)8-12/h3-4,7-10,16,24H,5-6,11H2,1-2H3/t16-/m0/s1. The summed E-state index contributed by atoms with van der Waals surface area (Å²) in [4.78, 5) is 16.0. The molecule has 1 aliphatic heterocycles. The first-order valence-corrected chi connectivity index (χ1v) is 8.63. The van der Waals surface area contributed by atoms with E-state index < -0.39 is 11.9 Å². The number of likely N-dealkylation sites (tertiary alicyclic amines) is 1. The third-order valence-corrected chi connectivity index (χ3v) is 4.62. The van der Waals surface area contributed by atoms with E-state index in [9.17, 15) is 14.3 Å². The summed E-state index contributed by atoms with van der Waals surface area (Å²) in [6, 6.07) is 8.53. The lowest BCUT2D eigenvalue weighted by atomic mass is 10.0. The summed E-state index contributed by atoms with van der Waals surface area (Å²) in [6.45, 7) is 1.57. The van der Waals surface area contributed by atoms with Crippen molar-refractivity contribution in [1.82, 2.24) is 4.90 Å². The number of amides is 1. The molecule has 1 amide bonds. The smallest absolute Gasteiger partial charge is 0.414 e. The van der Waals surface area contributed by atoms with Crippen LogP contribution in [0.2, 0.25) is 5.02 Å². The fourth-order valence-corrected chi connectivity index (χ4v) is 3.30. The van der Waals surface area contributed by atoms with Gasteiger partial charge in [0.05, 0.1) is 5.69 Å². The second kappa shape index (κ2) is 7.51. The largest absolute Gasteiger partial charge is 0.508 e. The van der Waals surface area contributed by atoms with Crippen molar-refractivity contribution in [3.05, 3.63) is 47.2 Å². The van der Waals surface area contributed by atoms with E-state index in [1.807, 2.05) is 7.05 Å². The fraction of sp³-hybridized carbons (Fsp3) is 0.316. The Morgan fingerprint density at radius 1 is 1.35 bits per heavy atom. The number of ether oxygens (including phenoxy) is 1. The maximum Gasteiger partial charge on any atom is 0.414 e. The van der Waals surface area contributed by atoms with Crippen molar-refractivity contribution in [3.63, 3.8) is 0 Å². The molecule has 7 heteroatoms. The van der Waals surface area contributed by atoms with Crippen molar-refractivity contribution >= 4 is 23.4 Å². The Balaban J connectivity index is 1.90. The van der Waals surface area contributed by atoms with Crippen LogP contribution < -0.4 is 4.90 Å². The van der Waals surface area contributed by atoms with E-state index >= 15 is 0 Å². The van der Waals surface area contributed by atoms with Crippen molar-refractivity contribution in [2.45, 2.75) is 12.5 Å². The van der Waals surface area contributed by atoms with Gasteiger partial charge in [-0.3, -0.25) is 4.90 Å². The quantitative estimate of drug-likeness (QED) is 0.872. The molecular weight excluding hydrogens is 359 g/mol. The lowest BCUT2D eigenvalue weighted by Gasteiger charge is -2.23. The maximum atomic E-state index is 13.8. The lowest BCUT2D eigenvalue weighted by molar-refractivity contribution is 0.110. The average Bonchev–Trinajstić information content (AvgIpc) is 2.98. The van der Waals surface area contributed by atoms with Gasteiger partial charge in [0.1, 0.15) is 17.7 Å². The van der Waals surface area contributed by atoms with Crippen LogP contribution >= 0.6 is 11.6 Å². The van der Waals surface area contributed by atoms with Crippen LogP contribution in [0, 0.1) is 5.82 Å². The average molecular weight is 379 g/mol. The maximum absolute atomic E-state index is 13.8. The number of rotatable bonds is 3.